The van der Waals surface area contributed by atoms with Gasteiger partial charge in [0, 0.05) is 5.54 Å². The van der Waals surface area contributed by atoms with Gasteiger partial charge in [0.15, 0.2) is 0 Å². The van der Waals surface area contributed by atoms with Crippen LogP contribution >= 0.6 is 0 Å². The molecule has 0 aliphatic rings. The number of benzene rings is 1. The smallest absolute Gasteiger partial charge is 0.412 e. The Labute approximate surface area is 114 Å². The molecule has 0 saturated carbocycles. The molecule has 0 saturated heterocycles. The lowest BCUT2D eigenvalue weighted by Gasteiger charge is -2.34. The number of carbonyl (C=O) groups is 1. The SMILES string of the molecule is C=C(C)COc1ccccc1N(C(=O)O)C(C)(C)C. The maximum atomic E-state index is 11.5. The minimum atomic E-state index is -1.00. The van der Waals surface area contributed by atoms with E-state index in [1.54, 1.807) is 18.2 Å². The first-order chi connectivity index (χ1) is 8.73. The highest BCUT2D eigenvalue weighted by molar-refractivity contribution is 5.89. The van der Waals surface area contributed by atoms with Crippen LogP contribution < -0.4 is 9.64 Å². The number of amides is 1. The molecule has 0 atom stereocenters. The molecular weight excluding hydrogens is 242 g/mol. The highest BCUT2D eigenvalue weighted by Crippen LogP contribution is 2.33. The van der Waals surface area contributed by atoms with E-state index in [1.807, 2.05) is 33.8 Å². The second kappa shape index (κ2) is 5.78. The van der Waals surface area contributed by atoms with Crippen molar-refractivity contribution in [2.24, 2.45) is 0 Å². The molecule has 0 heterocycles. The van der Waals surface area contributed by atoms with E-state index in [0.29, 0.717) is 18.0 Å². The summed E-state index contributed by atoms with van der Waals surface area (Å²) in [5.41, 5.74) is 0.880. The van der Waals surface area contributed by atoms with Crippen molar-refractivity contribution < 1.29 is 14.6 Å². The molecule has 0 aromatic heterocycles. The van der Waals surface area contributed by atoms with Crippen molar-refractivity contribution in [2.45, 2.75) is 33.2 Å². The summed E-state index contributed by atoms with van der Waals surface area (Å²) in [5.74, 6) is 0.544. The van der Waals surface area contributed by atoms with Crippen molar-refractivity contribution in [3.63, 3.8) is 0 Å². The number of ether oxygens (including phenoxy) is 1. The van der Waals surface area contributed by atoms with Crippen LogP contribution in [-0.2, 0) is 0 Å². The molecule has 0 fully saturated rings. The van der Waals surface area contributed by atoms with E-state index in [4.69, 9.17) is 4.74 Å². The van der Waals surface area contributed by atoms with Gasteiger partial charge in [-0.05, 0) is 45.4 Å². The number of carboxylic acid groups (broad SMARTS) is 1. The van der Waals surface area contributed by atoms with Crippen LogP contribution in [0.2, 0.25) is 0 Å². The monoisotopic (exact) mass is 263 g/mol. The molecule has 4 heteroatoms. The number of hydrogen-bond acceptors (Lipinski definition) is 2. The van der Waals surface area contributed by atoms with Gasteiger partial charge in [0.25, 0.3) is 0 Å². The third kappa shape index (κ3) is 4.02. The Morgan fingerprint density at radius 2 is 1.95 bits per heavy atom. The Balaban J connectivity index is 3.16. The second-order valence-electron chi connectivity index (χ2n) is 5.50. The third-order valence-electron chi connectivity index (χ3n) is 2.44. The Morgan fingerprint density at radius 3 is 2.42 bits per heavy atom. The average Bonchev–Trinajstić information content (AvgIpc) is 2.25. The zero-order valence-corrected chi connectivity index (χ0v) is 11.9. The van der Waals surface area contributed by atoms with Crippen molar-refractivity contribution >= 4 is 11.8 Å². The highest BCUT2D eigenvalue weighted by Gasteiger charge is 2.29. The van der Waals surface area contributed by atoms with Gasteiger partial charge in [-0.3, -0.25) is 4.90 Å². The summed E-state index contributed by atoms with van der Waals surface area (Å²) >= 11 is 0. The van der Waals surface area contributed by atoms with Gasteiger partial charge in [-0.15, -0.1) is 0 Å². The van der Waals surface area contributed by atoms with Crippen molar-refractivity contribution in [1.29, 1.82) is 0 Å². The maximum absolute atomic E-state index is 11.5. The summed E-state index contributed by atoms with van der Waals surface area (Å²) < 4.78 is 5.62. The van der Waals surface area contributed by atoms with Crippen LogP contribution in [0.25, 0.3) is 0 Å². The second-order valence-corrected chi connectivity index (χ2v) is 5.50. The van der Waals surface area contributed by atoms with Crippen LogP contribution in [0.4, 0.5) is 10.5 Å². The molecule has 0 aliphatic heterocycles. The molecule has 1 rings (SSSR count). The molecule has 0 spiro atoms. The topological polar surface area (TPSA) is 49.8 Å². The van der Waals surface area contributed by atoms with Gasteiger partial charge in [-0.25, -0.2) is 4.79 Å². The fraction of sp³-hybridized carbons (Fsp3) is 0.400. The van der Waals surface area contributed by atoms with Crippen LogP contribution in [0, 0.1) is 0 Å². The predicted molar refractivity (Wildman–Crippen MR) is 77.0 cm³/mol. The zero-order valence-electron chi connectivity index (χ0n) is 11.9. The summed E-state index contributed by atoms with van der Waals surface area (Å²) in [6, 6.07) is 7.12. The van der Waals surface area contributed by atoms with Crippen molar-refractivity contribution in [2.75, 3.05) is 11.5 Å². The normalized spacial score (nSPS) is 10.9. The van der Waals surface area contributed by atoms with Gasteiger partial charge in [-0.2, -0.15) is 0 Å². The molecule has 0 bridgehead atoms. The van der Waals surface area contributed by atoms with Crippen molar-refractivity contribution in [3.8, 4) is 5.75 Å². The minimum absolute atomic E-state index is 0.370. The first kappa shape index (κ1) is 15.1. The Hall–Kier alpha value is -1.97. The molecule has 4 nitrogen and oxygen atoms in total. The first-order valence-corrected chi connectivity index (χ1v) is 6.13. The molecule has 1 N–H and O–H groups in total. The Kier molecular flexibility index (Phi) is 4.59. The number of hydrogen-bond donors (Lipinski definition) is 1. The number of anilines is 1. The van der Waals surface area contributed by atoms with Gasteiger partial charge >= 0.3 is 6.09 Å². The molecule has 104 valence electrons. The fourth-order valence-electron chi connectivity index (χ4n) is 1.72. The standard InChI is InChI=1S/C15H21NO3/c1-11(2)10-19-13-9-7-6-8-12(13)16(14(17)18)15(3,4)5/h6-9H,1,10H2,2-5H3,(H,17,18). The van der Waals surface area contributed by atoms with E-state index < -0.39 is 11.6 Å². The third-order valence-corrected chi connectivity index (χ3v) is 2.44. The largest absolute Gasteiger partial charge is 0.487 e. The van der Waals surface area contributed by atoms with Crippen molar-refractivity contribution in [3.05, 3.63) is 36.4 Å². The highest BCUT2D eigenvalue weighted by atomic mass is 16.5. The Bertz CT molecular complexity index is 475. The lowest BCUT2D eigenvalue weighted by atomic mass is 10.1. The maximum Gasteiger partial charge on any atom is 0.412 e. The predicted octanol–water partition coefficient (Wildman–Crippen LogP) is 3.92. The number of nitrogens with zero attached hydrogens (tertiary/aromatic N) is 1. The first-order valence-electron chi connectivity index (χ1n) is 6.13. The van der Waals surface area contributed by atoms with Crippen LogP contribution in [0.3, 0.4) is 0 Å². The van der Waals surface area contributed by atoms with E-state index in [1.165, 1.54) is 4.90 Å². The summed E-state index contributed by atoms with van der Waals surface area (Å²) in [6.07, 6.45) is -1.00. The molecule has 19 heavy (non-hydrogen) atoms. The van der Waals surface area contributed by atoms with E-state index in [2.05, 4.69) is 6.58 Å². The minimum Gasteiger partial charge on any atom is -0.487 e. The van der Waals surface area contributed by atoms with Gasteiger partial charge in [0.2, 0.25) is 0 Å². The zero-order chi connectivity index (χ0) is 14.6. The molecular formula is C15H21NO3. The number of rotatable bonds is 4. The van der Waals surface area contributed by atoms with Crippen molar-refractivity contribution in [1.82, 2.24) is 0 Å². The summed E-state index contributed by atoms with van der Waals surface area (Å²) in [4.78, 5) is 12.8. The summed E-state index contributed by atoms with van der Waals surface area (Å²) in [6.45, 7) is 11.5. The van der Waals surface area contributed by atoms with Crippen LogP contribution in [0.5, 0.6) is 5.75 Å². The van der Waals surface area contributed by atoms with E-state index in [9.17, 15) is 9.90 Å². The molecule has 0 unspecified atom stereocenters. The van der Waals surface area contributed by atoms with E-state index in [-0.39, 0.29) is 0 Å². The molecule has 1 amide bonds. The lowest BCUT2D eigenvalue weighted by Crippen LogP contribution is -2.45. The van der Waals surface area contributed by atoms with Gasteiger partial charge in [0.05, 0.1) is 5.69 Å². The summed E-state index contributed by atoms with van der Waals surface area (Å²) in [7, 11) is 0. The Morgan fingerprint density at radius 1 is 1.37 bits per heavy atom. The average molecular weight is 263 g/mol. The van der Waals surface area contributed by atoms with Crippen LogP contribution in [0.15, 0.2) is 36.4 Å². The fourth-order valence-corrected chi connectivity index (χ4v) is 1.72. The molecule has 1 aromatic carbocycles. The summed E-state index contributed by atoms with van der Waals surface area (Å²) in [5, 5.41) is 9.42. The molecule has 1 aromatic rings. The van der Waals surface area contributed by atoms with Gasteiger partial charge in [0.1, 0.15) is 12.4 Å². The lowest BCUT2D eigenvalue weighted by molar-refractivity contribution is 0.195. The van der Waals surface area contributed by atoms with Crippen LogP contribution in [0.1, 0.15) is 27.7 Å². The van der Waals surface area contributed by atoms with Crippen LogP contribution in [-0.4, -0.2) is 23.3 Å². The number of para-hydroxylation sites is 2. The molecule has 0 aliphatic carbocycles. The molecule has 0 radical (unpaired) electrons. The van der Waals surface area contributed by atoms with Gasteiger partial charge < -0.3 is 9.84 Å². The van der Waals surface area contributed by atoms with E-state index in [0.717, 1.165) is 5.57 Å². The van der Waals surface area contributed by atoms with E-state index >= 15 is 0 Å². The van der Waals surface area contributed by atoms with Gasteiger partial charge in [-0.1, -0.05) is 18.7 Å². The quantitative estimate of drug-likeness (QED) is 0.837.